The highest BCUT2D eigenvalue weighted by atomic mass is 16.5. The van der Waals surface area contributed by atoms with Gasteiger partial charge in [0.25, 0.3) is 0 Å². The molecule has 0 saturated carbocycles. The summed E-state index contributed by atoms with van der Waals surface area (Å²) in [4.78, 5) is 0. The fourth-order valence-electron chi connectivity index (χ4n) is 1.22. The van der Waals surface area contributed by atoms with Crippen LogP contribution >= 0.6 is 0 Å². The Morgan fingerprint density at radius 3 is 2.60 bits per heavy atom. The first-order valence-electron chi connectivity index (χ1n) is 5.20. The van der Waals surface area contributed by atoms with Crippen LogP contribution in [-0.4, -0.2) is 12.6 Å². The van der Waals surface area contributed by atoms with Crippen molar-refractivity contribution in [2.24, 2.45) is 0 Å². The normalized spacial score (nSPS) is 11.2. The number of nitrogens with one attached hydrogen (secondary N) is 1. The molecule has 0 unspecified atom stereocenters. The summed E-state index contributed by atoms with van der Waals surface area (Å²) >= 11 is 0. The van der Waals surface area contributed by atoms with Crippen LogP contribution in [-0.2, 0) is 0 Å². The summed E-state index contributed by atoms with van der Waals surface area (Å²) in [6, 6.07) is 5.64. The number of ether oxygens (including phenoxy) is 1. The number of rotatable bonds is 4. The van der Waals surface area contributed by atoms with Crippen LogP contribution in [0.1, 0.15) is 27.2 Å². The van der Waals surface area contributed by atoms with Crippen molar-refractivity contribution in [2.75, 3.05) is 18.2 Å². The lowest BCUT2D eigenvalue weighted by atomic mass is 10.0. The average molecular weight is 208 g/mol. The molecule has 0 heterocycles. The van der Waals surface area contributed by atoms with E-state index in [4.69, 9.17) is 10.5 Å². The van der Waals surface area contributed by atoms with E-state index < -0.39 is 0 Å². The van der Waals surface area contributed by atoms with E-state index in [1.54, 1.807) is 7.11 Å². The number of benzene rings is 1. The van der Waals surface area contributed by atoms with E-state index in [2.05, 4.69) is 26.1 Å². The largest absolute Gasteiger partial charge is 0.497 e. The Labute approximate surface area is 91.6 Å². The predicted octanol–water partition coefficient (Wildman–Crippen LogP) is 2.88. The first-order valence-corrected chi connectivity index (χ1v) is 5.20. The zero-order chi connectivity index (χ0) is 11.5. The van der Waals surface area contributed by atoms with Crippen LogP contribution in [0.25, 0.3) is 0 Å². The lowest BCUT2D eigenvalue weighted by molar-refractivity contribution is 0.415. The summed E-state index contributed by atoms with van der Waals surface area (Å²) in [6.07, 6.45) is 1.03. The molecule has 0 aliphatic heterocycles. The number of nitrogen functional groups attached to an aromatic ring is 1. The summed E-state index contributed by atoms with van der Waals surface area (Å²) in [6.45, 7) is 6.43. The van der Waals surface area contributed by atoms with E-state index >= 15 is 0 Å². The zero-order valence-electron chi connectivity index (χ0n) is 9.92. The summed E-state index contributed by atoms with van der Waals surface area (Å²) < 4.78 is 5.16. The van der Waals surface area contributed by atoms with Gasteiger partial charge in [0.05, 0.1) is 18.5 Å². The zero-order valence-corrected chi connectivity index (χ0v) is 9.92. The smallest absolute Gasteiger partial charge is 0.121 e. The Morgan fingerprint density at radius 1 is 1.40 bits per heavy atom. The minimum atomic E-state index is 0.0421. The second-order valence-electron chi connectivity index (χ2n) is 4.32. The molecule has 3 nitrogen and oxygen atoms in total. The fraction of sp³-hybridized carbons (Fsp3) is 0.500. The SMILES string of the molecule is CCC(C)(C)Nc1cc(OC)ccc1N. The molecule has 0 bridgehead atoms. The van der Waals surface area contributed by atoms with Gasteiger partial charge >= 0.3 is 0 Å². The maximum Gasteiger partial charge on any atom is 0.121 e. The molecule has 3 heteroatoms. The Hall–Kier alpha value is -1.38. The lowest BCUT2D eigenvalue weighted by Crippen LogP contribution is -2.30. The number of nitrogens with two attached hydrogens (primary N) is 1. The van der Waals surface area contributed by atoms with Gasteiger partial charge < -0.3 is 15.8 Å². The quantitative estimate of drug-likeness (QED) is 0.748. The van der Waals surface area contributed by atoms with Crippen LogP contribution < -0.4 is 15.8 Å². The molecule has 0 radical (unpaired) electrons. The summed E-state index contributed by atoms with van der Waals surface area (Å²) in [5.74, 6) is 0.818. The third-order valence-corrected chi connectivity index (χ3v) is 2.62. The van der Waals surface area contributed by atoms with Crippen LogP contribution in [0.15, 0.2) is 18.2 Å². The highest BCUT2D eigenvalue weighted by Gasteiger charge is 2.15. The minimum Gasteiger partial charge on any atom is -0.497 e. The van der Waals surface area contributed by atoms with E-state index in [0.717, 1.165) is 23.5 Å². The maximum absolute atomic E-state index is 5.89. The van der Waals surface area contributed by atoms with Gasteiger partial charge in [-0.3, -0.25) is 0 Å². The van der Waals surface area contributed by atoms with Gasteiger partial charge in [0.15, 0.2) is 0 Å². The molecule has 3 N–H and O–H groups in total. The van der Waals surface area contributed by atoms with Crippen molar-refractivity contribution in [3.8, 4) is 5.75 Å². The van der Waals surface area contributed by atoms with Gasteiger partial charge in [-0.1, -0.05) is 6.92 Å². The Balaban J connectivity index is 2.93. The molecule has 0 fully saturated rings. The Kier molecular flexibility index (Phi) is 3.45. The molecule has 15 heavy (non-hydrogen) atoms. The molecule has 0 spiro atoms. The molecule has 0 atom stereocenters. The molecule has 1 aromatic rings. The van der Waals surface area contributed by atoms with E-state index in [-0.39, 0.29) is 5.54 Å². The van der Waals surface area contributed by atoms with E-state index in [1.807, 2.05) is 18.2 Å². The lowest BCUT2D eigenvalue weighted by Gasteiger charge is -2.27. The van der Waals surface area contributed by atoms with Gasteiger partial charge in [-0.2, -0.15) is 0 Å². The molecule has 1 aromatic carbocycles. The average Bonchev–Trinajstić information content (AvgIpc) is 2.21. The fourth-order valence-corrected chi connectivity index (χ4v) is 1.22. The molecule has 0 aliphatic rings. The van der Waals surface area contributed by atoms with Crippen molar-refractivity contribution in [2.45, 2.75) is 32.7 Å². The van der Waals surface area contributed by atoms with Crippen molar-refractivity contribution in [1.82, 2.24) is 0 Å². The van der Waals surface area contributed by atoms with E-state index in [9.17, 15) is 0 Å². The second-order valence-corrected chi connectivity index (χ2v) is 4.32. The third-order valence-electron chi connectivity index (χ3n) is 2.62. The molecule has 0 aromatic heterocycles. The summed E-state index contributed by atoms with van der Waals surface area (Å²) in [5, 5.41) is 3.41. The van der Waals surface area contributed by atoms with Crippen LogP contribution in [0.5, 0.6) is 5.75 Å². The van der Waals surface area contributed by atoms with Gasteiger partial charge in [-0.15, -0.1) is 0 Å². The van der Waals surface area contributed by atoms with Gasteiger partial charge in [0, 0.05) is 11.6 Å². The van der Waals surface area contributed by atoms with Crippen LogP contribution in [0.3, 0.4) is 0 Å². The molecule has 1 rings (SSSR count). The number of anilines is 2. The van der Waals surface area contributed by atoms with Crippen LogP contribution in [0.2, 0.25) is 0 Å². The number of hydrogen-bond acceptors (Lipinski definition) is 3. The van der Waals surface area contributed by atoms with Crippen molar-refractivity contribution in [3.63, 3.8) is 0 Å². The van der Waals surface area contributed by atoms with E-state index in [0.29, 0.717) is 0 Å². The standard InChI is InChI=1S/C12H20N2O/c1-5-12(2,3)14-11-8-9(15-4)6-7-10(11)13/h6-8,14H,5,13H2,1-4H3. The molecular formula is C12H20N2O. The minimum absolute atomic E-state index is 0.0421. The molecule has 0 aliphatic carbocycles. The molecular weight excluding hydrogens is 188 g/mol. The van der Waals surface area contributed by atoms with Gasteiger partial charge in [0.2, 0.25) is 0 Å². The second kappa shape index (κ2) is 4.43. The topological polar surface area (TPSA) is 47.3 Å². The highest BCUT2D eigenvalue weighted by molar-refractivity contribution is 5.69. The van der Waals surface area contributed by atoms with Crippen molar-refractivity contribution in [3.05, 3.63) is 18.2 Å². The molecule has 0 amide bonds. The maximum atomic E-state index is 5.89. The summed E-state index contributed by atoms with van der Waals surface area (Å²) in [7, 11) is 1.65. The van der Waals surface area contributed by atoms with Gasteiger partial charge in [0.1, 0.15) is 5.75 Å². The van der Waals surface area contributed by atoms with Gasteiger partial charge in [-0.25, -0.2) is 0 Å². The highest BCUT2D eigenvalue weighted by Crippen LogP contribution is 2.27. The van der Waals surface area contributed by atoms with E-state index in [1.165, 1.54) is 0 Å². The van der Waals surface area contributed by atoms with Crippen molar-refractivity contribution < 1.29 is 4.74 Å². The first kappa shape index (κ1) is 11.7. The predicted molar refractivity (Wildman–Crippen MR) is 65.4 cm³/mol. The number of methoxy groups -OCH3 is 1. The Bertz CT molecular complexity index is 334. The first-order chi connectivity index (χ1) is 6.98. The molecule has 0 saturated heterocycles. The molecule has 84 valence electrons. The van der Waals surface area contributed by atoms with Crippen molar-refractivity contribution in [1.29, 1.82) is 0 Å². The third kappa shape index (κ3) is 3.05. The van der Waals surface area contributed by atoms with Crippen LogP contribution in [0.4, 0.5) is 11.4 Å². The van der Waals surface area contributed by atoms with Crippen LogP contribution in [0, 0.1) is 0 Å². The Morgan fingerprint density at radius 2 is 2.07 bits per heavy atom. The number of hydrogen-bond donors (Lipinski definition) is 2. The van der Waals surface area contributed by atoms with Crippen molar-refractivity contribution >= 4 is 11.4 Å². The summed E-state index contributed by atoms with van der Waals surface area (Å²) in [5.41, 5.74) is 7.61. The monoisotopic (exact) mass is 208 g/mol. The van der Waals surface area contributed by atoms with Gasteiger partial charge in [-0.05, 0) is 32.4 Å².